The summed E-state index contributed by atoms with van der Waals surface area (Å²) in [4.78, 5) is 16.1. The van der Waals surface area contributed by atoms with Crippen LogP contribution in [0.15, 0.2) is 30.6 Å². The van der Waals surface area contributed by atoms with Gasteiger partial charge in [-0.05, 0) is 25.0 Å². The number of nitrogens with one attached hydrogen (secondary N) is 2. The van der Waals surface area contributed by atoms with Gasteiger partial charge in [0.15, 0.2) is 15.7 Å². The van der Waals surface area contributed by atoms with E-state index in [2.05, 4.69) is 20.5 Å². The first-order chi connectivity index (χ1) is 10.9. The molecular formula is C15H20N4O3S. The number of amides is 1. The van der Waals surface area contributed by atoms with Crippen LogP contribution in [-0.4, -0.2) is 40.5 Å². The molecule has 1 aromatic heterocycles. The van der Waals surface area contributed by atoms with E-state index in [1.54, 1.807) is 6.92 Å². The van der Waals surface area contributed by atoms with Crippen LogP contribution in [0.3, 0.4) is 0 Å². The highest BCUT2D eigenvalue weighted by molar-refractivity contribution is 7.92. The van der Waals surface area contributed by atoms with Gasteiger partial charge in [0.25, 0.3) is 0 Å². The molecule has 124 valence electrons. The summed E-state index contributed by atoms with van der Waals surface area (Å²) in [5, 5.41) is 8.20. The largest absolute Gasteiger partial charge is 0.351 e. The summed E-state index contributed by atoms with van der Waals surface area (Å²) in [6, 6.07) is 7.44. The minimum Gasteiger partial charge on any atom is -0.351 e. The molecule has 0 aliphatic carbocycles. The Kier molecular flexibility index (Phi) is 5.49. The molecule has 2 N–H and O–H groups in total. The third-order valence-electron chi connectivity index (χ3n) is 3.48. The zero-order valence-electron chi connectivity index (χ0n) is 13.1. The molecule has 2 aromatic rings. The Labute approximate surface area is 135 Å². The fourth-order valence-corrected chi connectivity index (χ4v) is 3.46. The zero-order valence-corrected chi connectivity index (χ0v) is 13.9. The van der Waals surface area contributed by atoms with E-state index in [0.29, 0.717) is 12.2 Å². The number of benzene rings is 1. The molecule has 0 radical (unpaired) electrons. The predicted molar refractivity (Wildman–Crippen MR) is 87.2 cm³/mol. The molecular weight excluding hydrogens is 316 g/mol. The fourth-order valence-electron chi connectivity index (χ4n) is 2.13. The second-order valence-corrected chi connectivity index (χ2v) is 7.70. The molecule has 1 amide bonds. The highest BCUT2D eigenvalue weighted by atomic mass is 32.2. The molecule has 1 atom stereocenters. The van der Waals surface area contributed by atoms with Crippen LogP contribution in [0.2, 0.25) is 0 Å². The number of hydrogen-bond acceptors (Lipinski definition) is 5. The number of aromatic amines is 1. The summed E-state index contributed by atoms with van der Waals surface area (Å²) in [5.41, 5.74) is 1.70. The van der Waals surface area contributed by atoms with Crippen LogP contribution in [0, 0.1) is 0 Å². The lowest BCUT2D eigenvalue weighted by Gasteiger charge is -2.13. The SMILES string of the molecule is CCCS(=O)(=O)C(C)C(=O)NCc1cccc(-c2ncn[nH]2)c1. The quantitative estimate of drug-likeness (QED) is 0.793. The van der Waals surface area contributed by atoms with Crippen molar-refractivity contribution in [2.24, 2.45) is 0 Å². The number of hydrogen-bond donors (Lipinski definition) is 2. The normalized spacial score (nSPS) is 12.8. The lowest BCUT2D eigenvalue weighted by atomic mass is 10.1. The van der Waals surface area contributed by atoms with Gasteiger partial charge in [0, 0.05) is 12.1 Å². The molecule has 0 spiro atoms. The molecule has 0 saturated carbocycles. The number of H-pyrrole nitrogens is 1. The number of rotatable bonds is 7. The molecule has 0 fully saturated rings. The van der Waals surface area contributed by atoms with E-state index in [1.807, 2.05) is 24.3 Å². The first-order valence-corrected chi connectivity index (χ1v) is 9.09. The molecule has 23 heavy (non-hydrogen) atoms. The Morgan fingerprint density at radius 2 is 2.17 bits per heavy atom. The van der Waals surface area contributed by atoms with E-state index in [4.69, 9.17) is 0 Å². The second kappa shape index (κ2) is 7.36. The number of aromatic nitrogens is 3. The van der Waals surface area contributed by atoms with Gasteiger partial charge in [-0.15, -0.1) is 0 Å². The Balaban J connectivity index is 2.01. The van der Waals surface area contributed by atoms with E-state index in [9.17, 15) is 13.2 Å². The highest BCUT2D eigenvalue weighted by Gasteiger charge is 2.26. The van der Waals surface area contributed by atoms with Crippen molar-refractivity contribution in [1.82, 2.24) is 20.5 Å². The zero-order chi connectivity index (χ0) is 16.9. The van der Waals surface area contributed by atoms with Crippen LogP contribution >= 0.6 is 0 Å². The van der Waals surface area contributed by atoms with Gasteiger partial charge in [0.1, 0.15) is 11.6 Å². The molecule has 1 aromatic carbocycles. The first-order valence-electron chi connectivity index (χ1n) is 7.38. The van der Waals surface area contributed by atoms with E-state index < -0.39 is 21.0 Å². The standard InChI is InChI=1S/C15H20N4O3S/c1-3-7-23(21,22)11(2)15(20)16-9-12-5-4-6-13(8-12)14-17-10-18-19-14/h4-6,8,10-11H,3,7,9H2,1-2H3,(H,16,20)(H,17,18,19). The summed E-state index contributed by atoms with van der Waals surface area (Å²) in [6.45, 7) is 3.45. The summed E-state index contributed by atoms with van der Waals surface area (Å²) in [7, 11) is -3.39. The molecule has 0 bridgehead atoms. The summed E-state index contributed by atoms with van der Waals surface area (Å²) >= 11 is 0. The minimum absolute atomic E-state index is 0.0164. The van der Waals surface area contributed by atoms with E-state index in [1.165, 1.54) is 13.3 Å². The fraction of sp³-hybridized carbons (Fsp3) is 0.400. The second-order valence-electron chi connectivity index (χ2n) is 5.26. The molecule has 0 aliphatic rings. The Hall–Kier alpha value is -2.22. The monoisotopic (exact) mass is 336 g/mol. The van der Waals surface area contributed by atoms with Gasteiger partial charge in [-0.25, -0.2) is 13.4 Å². The Morgan fingerprint density at radius 1 is 1.39 bits per heavy atom. The van der Waals surface area contributed by atoms with Gasteiger partial charge in [0.05, 0.1) is 5.75 Å². The average Bonchev–Trinajstić information content (AvgIpc) is 3.06. The number of carbonyl (C=O) groups excluding carboxylic acids is 1. The summed E-state index contributed by atoms with van der Waals surface area (Å²) < 4.78 is 23.8. The van der Waals surface area contributed by atoms with Crippen LogP contribution in [0.5, 0.6) is 0 Å². The number of carbonyl (C=O) groups is 1. The van der Waals surface area contributed by atoms with Crippen molar-refractivity contribution >= 4 is 15.7 Å². The third kappa shape index (κ3) is 4.38. The van der Waals surface area contributed by atoms with E-state index in [0.717, 1.165) is 11.1 Å². The molecule has 7 nitrogen and oxygen atoms in total. The maximum atomic E-state index is 12.0. The van der Waals surface area contributed by atoms with Crippen molar-refractivity contribution in [1.29, 1.82) is 0 Å². The number of nitrogens with zero attached hydrogens (tertiary/aromatic N) is 2. The molecule has 2 rings (SSSR count). The van der Waals surface area contributed by atoms with Crippen molar-refractivity contribution in [3.8, 4) is 11.4 Å². The molecule has 1 heterocycles. The van der Waals surface area contributed by atoms with Crippen molar-refractivity contribution in [3.05, 3.63) is 36.2 Å². The minimum atomic E-state index is -3.39. The van der Waals surface area contributed by atoms with Gasteiger partial charge in [0.2, 0.25) is 5.91 Å². The summed E-state index contributed by atoms with van der Waals surface area (Å²) in [5.74, 6) is 0.170. The van der Waals surface area contributed by atoms with E-state index >= 15 is 0 Å². The Morgan fingerprint density at radius 3 is 2.83 bits per heavy atom. The smallest absolute Gasteiger partial charge is 0.238 e. The van der Waals surface area contributed by atoms with Crippen molar-refractivity contribution in [3.63, 3.8) is 0 Å². The average molecular weight is 336 g/mol. The van der Waals surface area contributed by atoms with Crippen LogP contribution in [0.25, 0.3) is 11.4 Å². The van der Waals surface area contributed by atoms with Crippen LogP contribution in [0.4, 0.5) is 0 Å². The van der Waals surface area contributed by atoms with Crippen molar-refractivity contribution < 1.29 is 13.2 Å². The van der Waals surface area contributed by atoms with Crippen molar-refractivity contribution in [2.75, 3.05) is 5.75 Å². The van der Waals surface area contributed by atoms with Gasteiger partial charge >= 0.3 is 0 Å². The predicted octanol–water partition coefficient (Wildman–Crippen LogP) is 1.30. The van der Waals surface area contributed by atoms with Gasteiger partial charge in [-0.3, -0.25) is 9.89 Å². The lowest BCUT2D eigenvalue weighted by molar-refractivity contribution is -0.120. The van der Waals surface area contributed by atoms with Crippen LogP contribution in [-0.2, 0) is 21.2 Å². The third-order valence-corrected chi connectivity index (χ3v) is 5.75. The van der Waals surface area contributed by atoms with Gasteiger partial charge in [-0.1, -0.05) is 25.1 Å². The molecule has 1 unspecified atom stereocenters. The summed E-state index contributed by atoms with van der Waals surface area (Å²) in [6.07, 6.45) is 1.92. The van der Waals surface area contributed by atoms with Crippen molar-refractivity contribution in [2.45, 2.75) is 32.1 Å². The van der Waals surface area contributed by atoms with Gasteiger partial charge in [-0.2, -0.15) is 5.10 Å². The van der Waals surface area contributed by atoms with E-state index in [-0.39, 0.29) is 12.3 Å². The molecule has 0 aliphatic heterocycles. The molecule has 0 saturated heterocycles. The highest BCUT2D eigenvalue weighted by Crippen LogP contribution is 2.15. The maximum absolute atomic E-state index is 12.0. The first kappa shape index (κ1) is 17.1. The van der Waals surface area contributed by atoms with Gasteiger partial charge < -0.3 is 5.32 Å². The maximum Gasteiger partial charge on any atom is 0.238 e. The number of sulfone groups is 1. The van der Waals surface area contributed by atoms with Crippen LogP contribution < -0.4 is 5.32 Å². The van der Waals surface area contributed by atoms with Crippen LogP contribution in [0.1, 0.15) is 25.8 Å². The topological polar surface area (TPSA) is 105 Å². The lowest BCUT2D eigenvalue weighted by Crippen LogP contribution is -2.38. The Bertz CT molecular complexity index is 757. The molecule has 8 heteroatoms.